The molecule has 1 atom stereocenters. The van der Waals surface area contributed by atoms with Gasteiger partial charge in [0.1, 0.15) is 0 Å². The third-order valence-corrected chi connectivity index (χ3v) is 3.86. The molecule has 1 fully saturated rings. The number of carboxylic acids is 1. The topological polar surface area (TPSA) is 52.6 Å². The van der Waals surface area contributed by atoms with Crippen LogP contribution in [0.5, 0.6) is 0 Å². The van der Waals surface area contributed by atoms with Crippen molar-refractivity contribution in [3.05, 3.63) is 0 Å². The maximum absolute atomic E-state index is 10.9. The van der Waals surface area contributed by atoms with Crippen molar-refractivity contribution in [2.45, 2.75) is 58.5 Å². The van der Waals surface area contributed by atoms with E-state index in [2.05, 4.69) is 37.9 Å². The Morgan fingerprint density at radius 2 is 2.17 bits per heavy atom. The molecule has 1 rings (SSSR count). The number of nitrogens with one attached hydrogen (secondary N) is 1. The molecule has 1 saturated heterocycles. The summed E-state index contributed by atoms with van der Waals surface area (Å²) in [5, 5.41) is 12.3. The van der Waals surface area contributed by atoms with Gasteiger partial charge in [-0.2, -0.15) is 0 Å². The summed E-state index contributed by atoms with van der Waals surface area (Å²) >= 11 is 0. The lowest BCUT2D eigenvalue weighted by Gasteiger charge is -2.38. The molecule has 0 radical (unpaired) electrons. The van der Waals surface area contributed by atoms with Gasteiger partial charge in [-0.05, 0) is 45.7 Å². The molecule has 18 heavy (non-hydrogen) atoms. The van der Waals surface area contributed by atoms with Crippen LogP contribution in [0.25, 0.3) is 0 Å². The molecule has 0 spiro atoms. The molecule has 0 amide bonds. The molecule has 4 heteroatoms. The third kappa shape index (κ3) is 4.94. The van der Waals surface area contributed by atoms with Crippen LogP contribution in [0.15, 0.2) is 0 Å². The summed E-state index contributed by atoms with van der Waals surface area (Å²) in [6.45, 7) is 11.8. The lowest BCUT2D eigenvalue weighted by molar-refractivity contribution is -0.137. The van der Waals surface area contributed by atoms with Crippen LogP contribution in [-0.2, 0) is 4.79 Å². The van der Waals surface area contributed by atoms with Gasteiger partial charge in [0, 0.05) is 18.1 Å². The van der Waals surface area contributed by atoms with Crippen LogP contribution in [0.2, 0.25) is 0 Å². The third-order valence-electron chi connectivity index (χ3n) is 3.86. The van der Waals surface area contributed by atoms with Crippen molar-refractivity contribution in [2.24, 2.45) is 5.92 Å². The summed E-state index contributed by atoms with van der Waals surface area (Å²) < 4.78 is 0. The maximum atomic E-state index is 10.9. The maximum Gasteiger partial charge on any atom is 0.304 e. The Kier molecular flexibility index (Phi) is 5.60. The van der Waals surface area contributed by atoms with Crippen molar-refractivity contribution in [3.63, 3.8) is 0 Å². The van der Waals surface area contributed by atoms with Crippen molar-refractivity contribution in [1.29, 1.82) is 0 Å². The summed E-state index contributed by atoms with van der Waals surface area (Å²) in [5.74, 6) is -0.0223. The SMILES string of the molecule is CC(C)CCN1CC(CC(=O)O)NCCC1(C)C. The Balaban J connectivity index is 2.63. The van der Waals surface area contributed by atoms with Gasteiger partial charge in [-0.1, -0.05) is 13.8 Å². The first kappa shape index (κ1) is 15.4. The highest BCUT2D eigenvalue weighted by molar-refractivity contribution is 5.67. The zero-order valence-electron chi connectivity index (χ0n) is 12.2. The van der Waals surface area contributed by atoms with Crippen molar-refractivity contribution in [1.82, 2.24) is 10.2 Å². The Morgan fingerprint density at radius 3 is 2.72 bits per heavy atom. The monoisotopic (exact) mass is 256 g/mol. The van der Waals surface area contributed by atoms with Crippen molar-refractivity contribution in [2.75, 3.05) is 19.6 Å². The molecule has 0 aromatic heterocycles. The molecular weight excluding hydrogens is 228 g/mol. The first-order chi connectivity index (χ1) is 8.31. The number of carboxylic acid groups (broad SMARTS) is 1. The first-order valence-electron chi connectivity index (χ1n) is 7.01. The van der Waals surface area contributed by atoms with Gasteiger partial charge in [-0.25, -0.2) is 0 Å². The molecule has 1 heterocycles. The lowest BCUT2D eigenvalue weighted by atomic mass is 9.97. The standard InChI is InChI=1S/C14H28N2O2/c1-11(2)5-8-16-10-12(9-13(17)18)15-7-6-14(16,3)4/h11-12,15H,5-10H2,1-4H3,(H,17,18). The molecular formula is C14H28N2O2. The summed E-state index contributed by atoms with van der Waals surface area (Å²) in [6, 6.07) is 0.0800. The van der Waals surface area contributed by atoms with Crippen LogP contribution in [0.4, 0.5) is 0 Å². The van der Waals surface area contributed by atoms with E-state index in [1.165, 1.54) is 6.42 Å². The number of nitrogens with zero attached hydrogens (tertiary/aromatic N) is 1. The number of rotatable bonds is 5. The molecule has 2 N–H and O–H groups in total. The molecule has 0 saturated carbocycles. The molecule has 0 aromatic rings. The number of carbonyl (C=O) groups is 1. The highest BCUT2D eigenvalue weighted by Gasteiger charge is 2.31. The summed E-state index contributed by atoms with van der Waals surface area (Å²) in [7, 11) is 0. The van der Waals surface area contributed by atoms with Gasteiger partial charge < -0.3 is 10.4 Å². The van der Waals surface area contributed by atoms with Gasteiger partial charge in [-0.15, -0.1) is 0 Å². The lowest BCUT2D eigenvalue weighted by Crippen LogP contribution is -2.47. The Labute approximate surface area is 111 Å². The number of hydrogen-bond donors (Lipinski definition) is 2. The Hall–Kier alpha value is -0.610. The van der Waals surface area contributed by atoms with Crippen LogP contribution in [0.3, 0.4) is 0 Å². The van der Waals surface area contributed by atoms with Crippen LogP contribution in [-0.4, -0.2) is 47.2 Å². The fourth-order valence-corrected chi connectivity index (χ4v) is 2.47. The minimum Gasteiger partial charge on any atom is -0.481 e. The van der Waals surface area contributed by atoms with Gasteiger partial charge in [0.15, 0.2) is 0 Å². The van der Waals surface area contributed by atoms with Crippen LogP contribution >= 0.6 is 0 Å². The van der Waals surface area contributed by atoms with Crippen molar-refractivity contribution >= 4 is 5.97 Å². The Morgan fingerprint density at radius 1 is 1.50 bits per heavy atom. The largest absolute Gasteiger partial charge is 0.481 e. The summed E-state index contributed by atoms with van der Waals surface area (Å²) in [4.78, 5) is 13.3. The van der Waals surface area contributed by atoms with Gasteiger partial charge in [0.25, 0.3) is 0 Å². The molecule has 0 bridgehead atoms. The Bertz CT molecular complexity index is 277. The quantitative estimate of drug-likeness (QED) is 0.789. The average molecular weight is 256 g/mol. The van der Waals surface area contributed by atoms with Crippen LogP contribution in [0, 0.1) is 5.92 Å². The molecule has 4 nitrogen and oxygen atoms in total. The molecule has 1 aliphatic heterocycles. The van der Waals surface area contributed by atoms with E-state index in [0.29, 0.717) is 5.92 Å². The summed E-state index contributed by atoms with van der Waals surface area (Å²) in [5.41, 5.74) is 0.162. The van der Waals surface area contributed by atoms with E-state index in [1.807, 2.05) is 0 Å². The fourth-order valence-electron chi connectivity index (χ4n) is 2.47. The smallest absolute Gasteiger partial charge is 0.304 e. The molecule has 0 aliphatic carbocycles. The first-order valence-corrected chi connectivity index (χ1v) is 7.01. The molecule has 0 aromatic carbocycles. The van der Waals surface area contributed by atoms with Crippen molar-refractivity contribution in [3.8, 4) is 0 Å². The average Bonchev–Trinajstić information content (AvgIpc) is 2.34. The molecule has 106 valence electrons. The van der Waals surface area contributed by atoms with Crippen LogP contribution in [0.1, 0.15) is 47.0 Å². The zero-order chi connectivity index (χ0) is 13.8. The normalized spacial score (nSPS) is 25.1. The van der Waals surface area contributed by atoms with Crippen molar-refractivity contribution < 1.29 is 9.90 Å². The fraction of sp³-hybridized carbons (Fsp3) is 0.929. The van der Waals surface area contributed by atoms with Gasteiger partial charge in [-0.3, -0.25) is 9.69 Å². The van der Waals surface area contributed by atoms with E-state index in [1.54, 1.807) is 0 Å². The highest BCUT2D eigenvalue weighted by atomic mass is 16.4. The predicted octanol–water partition coefficient (Wildman–Crippen LogP) is 1.95. The van der Waals surface area contributed by atoms with Gasteiger partial charge >= 0.3 is 5.97 Å². The van der Waals surface area contributed by atoms with Gasteiger partial charge in [0.05, 0.1) is 6.42 Å². The molecule has 1 aliphatic rings. The molecule has 1 unspecified atom stereocenters. The zero-order valence-corrected chi connectivity index (χ0v) is 12.2. The second-order valence-electron chi connectivity index (χ2n) is 6.44. The van der Waals surface area contributed by atoms with E-state index >= 15 is 0 Å². The summed E-state index contributed by atoms with van der Waals surface area (Å²) in [6.07, 6.45) is 2.46. The van der Waals surface area contributed by atoms with Gasteiger partial charge in [0.2, 0.25) is 0 Å². The van der Waals surface area contributed by atoms with E-state index in [9.17, 15) is 4.79 Å². The van der Waals surface area contributed by atoms with E-state index < -0.39 is 5.97 Å². The highest BCUT2D eigenvalue weighted by Crippen LogP contribution is 2.23. The second-order valence-corrected chi connectivity index (χ2v) is 6.44. The predicted molar refractivity (Wildman–Crippen MR) is 73.8 cm³/mol. The minimum absolute atomic E-state index is 0.0800. The number of aliphatic carboxylic acids is 1. The van der Waals surface area contributed by atoms with Crippen LogP contribution < -0.4 is 5.32 Å². The second kappa shape index (κ2) is 6.53. The van der Waals surface area contributed by atoms with E-state index in [4.69, 9.17) is 5.11 Å². The minimum atomic E-state index is -0.712. The van der Waals surface area contributed by atoms with E-state index in [-0.39, 0.29) is 18.0 Å². The number of hydrogen-bond acceptors (Lipinski definition) is 3. The van der Waals surface area contributed by atoms with E-state index in [0.717, 1.165) is 26.1 Å².